The van der Waals surface area contributed by atoms with Crippen LogP contribution in [0.2, 0.25) is 10.0 Å². The van der Waals surface area contributed by atoms with Gasteiger partial charge >= 0.3 is 5.29 Å². The molecular weight excluding hydrogens is 479 g/mol. The van der Waals surface area contributed by atoms with Gasteiger partial charge < -0.3 is 5.11 Å². The predicted molar refractivity (Wildman–Crippen MR) is 101 cm³/mol. The van der Waals surface area contributed by atoms with E-state index < -0.39 is 28.5 Å². The monoisotopic (exact) mass is 485 g/mol. The van der Waals surface area contributed by atoms with E-state index in [1.54, 1.807) is 0 Å². The zero-order valence-corrected chi connectivity index (χ0v) is 16.4. The van der Waals surface area contributed by atoms with Crippen LogP contribution in [0, 0.1) is 17.5 Å². The topological polar surface area (TPSA) is 32.6 Å². The van der Waals surface area contributed by atoms with Crippen molar-refractivity contribution in [1.82, 2.24) is 4.48 Å². The summed E-state index contributed by atoms with van der Waals surface area (Å²) in [7, 11) is 0. The minimum absolute atomic E-state index is 0.0657. The van der Waals surface area contributed by atoms with Crippen molar-refractivity contribution in [2.45, 2.75) is 0 Å². The van der Waals surface area contributed by atoms with Gasteiger partial charge in [0, 0.05) is 23.7 Å². The molecule has 0 aliphatic carbocycles. The Balaban J connectivity index is 2.50. The van der Waals surface area contributed by atoms with Crippen LogP contribution in [0.15, 0.2) is 45.6 Å². The number of aliphatic hydroxyl groups is 1. The molecule has 136 valence electrons. The first-order chi connectivity index (χ1) is 12.2. The molecule has 26 heavy (non-hydrogen) atoms. The molecular formula is C16H8BrCl3F3N2O+. The molecule has 0 saturated heterocycles. The predicted octanol–water partition coefficient (Wildman–Crippen LogP) is 6.21. The highest BCUT2D eigenvalue weighted by atomic mass is 79.9. The van der Waals surface area contributed by atoms with Gasteiger partial charge in [-0.25, -0.2) is 13.2 Å². The SMILES string of the molecule is OCC1=C(Br)N=C(Cl)[N+]1(c1ccc(F)cc1Cl)c1c(F)cc(F)cc1Cl. The lowest BCUT2D eigenvalue weighted by Crippen LogP contribution is -2.46. The molecule has 3 nitrogen and oxygen atoms in total. The van der Waals surface area contributed by atoms with Crippen LogP contribution in [0.1, 0.15) is 0 Å². The minimum Gasteiger partial charge on any atom is -0.386 e. The van der Waals surface area contributed by atoms with Crippen molar-refractivity contribution < 1.29 is 18.3 Å². The molecule has 0 aromatic heterocycles. The number of aliphatic hydroxyl groups excluding tert-OH is 1. The van der Waals surface area contributed by atoms with Crippen LogP contribution in [-0.4, -0.2) is 17.0 Å². The highest BCUT2D eigenvalue weighted by molar-refractivity contribution is 9.11. The van der Waals surface area contributed by atoms with Crippen molar-refractivity contribution in [2.75, 3.05) is 6.61 Å². The van der Waals surface area contributed by atoms with E-state index in [2.05, 4.69) is 20.9 Å². The fraction of sp³-hybridized carbons (Fsp3) is 0.0625. The number of nitrogens with zero attached hydrogens (tertiary/aromatic N) is 2. The maximum Gasteiger partial charge on any atom is 0.316 e. The molecule has 3 rings (SSSR count). The fourth-order valence-electron chi connectivity index (χ4n) is 2.84. The summed E-state index contributed by atoms with van der Waals surface area (Å²) in [6.07, 6.45) is 0. The van der Waals surface area contributed by atoms with Crippen molar-refractivity contribution >= 4 is 67.4 Å². The Morgan fingerprint density at radius 2 is 1.65 bits per heavy atom. The van der Waals surface area contributed by atoms with Gasteiger partial charge in [-0.3, -0.25) is 0 Å². The third-order valence-electron chi connectivity index (χ3n) is 3.85. The molecule has 2 aromatic rings. The van der Waals surface area contributed by atoms with Crippen LogP contribution >= 0.6 is 50.7 Å². The van der Waals surface area contributed by atoms with Gasteiger partial charge in [0.25, 0.3) is 0 Å². The Kier molecular flexibility index (Phi) is 5.40. The molecule has 1 aliphatic heterocycles. The summed E-state index contributed by atoms with van der Waals surface area (Å²) < 4.78 is 41.2. The quantitative estimate of drug-likeness (QED) is 0.405. The van der Waals surface area contributed by atoms with Gasteiger partial charge in [-0.1, -0.05) is 23.2 Å². The molecule has 1 aliphatic rings. The first-order valence-corrected chi connectivity index (χ1v) is 8.90. The first-order valence-electron chi connectivity index (χ1n) is 6.98. The van der Waals surface area contributed by atoms with E-state index in [1.807, 2.05) is 0 Å². The summed E-state index contributed by atoms with van der Waals surface area (Å²) in [6, 6.07) is 4.85. The Hall–Kier alpha value is -1.09. The van der Waals surface area contributed by atoms with Gasteiger partial charge in [-0.15, -0.1) is 0 Å². The highest BCUT2D eigenvalue weighted by Gasteiger charge is 2.53. The molecule has 0 fully saturated rings. The van der Waals surface area contributed by atoms with E-state index in [0.29, 0.717) is 6.07 Å². The van der Waals surface area contributed by atoms with Crippen molar-refractivity contribution in [1.29, 1.82) is 0 Å². The van der Waals surface area contributed by atoms with Crippen LogP contribution < -0.4 is 4.48 Å². The maximum atomic E-state index is 14.8. The number of quaternary nitrogens is 1. The Bertz CT molecular complexity index is 960. The largest absolute Gasteiger partial charge is 0.386 e. The van der Waals surface area contributed by atoms with E-state index >= 15 is 0 Å². The lowest BCUT2D eigenvalue weighted by Gasteiger charge is -2.34. The zero-order valence-electron chi connectivity index (χ0n) is 12.6. The van der Waals surface area contributed by atoms with Crippen LogP contribution in [0.25, 0.3) is 0 Å². The lowest BCUT2D eigenvalue weighted by molar-refractivity contribution is 0.310. The average molecular weight is 488 g/mol. The van der Waals surface area contributed by atoms with Crippen molar-refractivity contribution in [3.8, 4) is 0 Å². The highest BCUT2D eigenvalue weighted by Crippen LogP contribution is 2.52. The number of benzene rings is 2. The van der Waals surface area contributed by atoms with Gasteiger partial charge in [0.05, 0.1) is 0 Å². The summed E-state index contributed by atoms with van der Waals surface area (Å²) in [5, 5.41) is 9.22. The summed E-state index contributed by atoms with van der Waals surface area (Å²) in [5.74, 6) is -2.58. The molecule has 0 radical (unpaired) electrons. The number of halogens is 7. The number of hydrogen-bond acceptors (Lipinski definition) is 2. The lowest BCUT2D eigenvalue weighted by atomic mass is 10.1. The average Bonchev–Trinajstić information content (AvgIpc) is 2.77. The van der Waals surface area contributed by atoms with Crippen molar-refractivity contribution in [3.63, 3.8) is 0 Å². The molecule has 1 atom stereocenters. The van der Waals surface area contributed by atoms with Crippen LogP contribution in [0.4, 0.5) is 24.5 Å². The second-order valence-electron chi connectivity index (χ2n) is 5.26. The number of rotatable bonds is 3. The molecule has 10 heteroatoms. The van der Waals surface area contributed by atoms with Crippen molar-refractivity contribution in [3.05, 3.63) is 68.1 Å². The second kappa shape index (κ2) is 7.14. The minimum atomic E-state index is -1.04. The summed E-state index contributed by atoms with van der Waals surface area (Å²) in [6.45, 7) is -0.624. The first kappa shape index (κ1) is 19.7. The summed E-state index contributed by atoms with van der Waals surface area (Å²) in [5.41, 5.74) is -0.169. The molecule has 0 bridgehead atoms. The van der Waals surface area contributed by atoms with E-state index in [4.69, 9.17) is 34.8 Å². The Labute approximate surface area is 169 Å². The normalized spacial score (nSPS) is 19.9. The maximum absolute atomic E-state index is 14.8. The van der Waals surface area contributed by atoms with E-state index in [1.165, 1.54) is 6.07 Å². The van der Waals surface area contributed by atoms with Gasteiger partial charge in [-0.2, -0.15) is 9.48 Å². The Morgan fingerprint density at radius 3 is 2.23 bits per heavy atom. The van der Waals surface area contributed by atoms with Gasteiger partial charge in [-0.05, 0) is 34.1 Å². The third kappa shape index (κ3) is 2.87. The summed E-state index contributed by atoms with van der Waals surface area (Å²) in [4.78, 5) is 4.03. The van der Waals surface area contributed by atoms with E-state index in [-0.39, 0.29) is 37.0 Å². The zero-order chi connectivity index (χ0) is 19.2. The summed E-state index contributed by atoms with van der Waals surface area (Å²) >= 11 is 21.8. The number of amidine groups is 1. The molecule has 1 heterocycles. The van der Waals surface area contributed by atoms with Crippen LogP contribution in [0.3, 0.4) is 0 Å². The van der Waals surface area contributed by atoms with Crippen LogP contribution in [-0.2, 0) is 0 Å². The van der Waals surface area contributed by atoms with Crippen LogP contribution in [0.5, 0.6) is 0 Å². The molecule has 0 amide bonds. The molecule has 0 saturated carbocycles. The molecule has 0 spiro atoms. The van der Waals surface area contributed by atoms with E-state index in [0.717, 1.165) is 18.2 Å². The number of hydrogen-bond donors (Lipinski definition) is 1. The Morgan fingerprint density at radius 1 is 1.00 bits per heavy atom. The standard InChI is InChI=1S/C16H8BrCl3F3N2O/c17-15-13(6-26)25(16(20)24-15,12-2-1-7(21)3-9(12)18)14-10(19)4-8(22)5-11(14)23/h1-5,26H,6H2/q+1. The van der Waals surface area contributed by atoms with Gasteiger partial charge in [0.1, 0.15) is 28.3 Å². The second-order valence-corrected chi connectivity index (χ2v) is 7.16. The molecule has 1 unspecified atom stereocenters. The smallest absolute Gasteiger partial charge is 0.316 e. The van der Waals surface area contributed by atoms with Gasteiger partial charge in [0.15, 0.2) is 21.8 Å². The third-order valence-corrected chi connectivity index (χ3v) is 5.41. The van der Waals surface area contributed by atoms with Gasteiger partial charge in [0.2, 0.25) is 5.69 Å². The van der Waals surface area contributed by atoms with E-state index in [9.17, 15) is 18.3 Å². The fourth-order valence-corrected chi connectivity index (χ4v) is 4.48. The van der Waals surface area contributed by atoms with Crippen molar-refractivity contribution in [2.24, 2.45) is 4.99 Å². The molecule has 1 N–H and O–H groups in total. The number of aliphatic imine (C=N–C) groups is 1. The molecule has 2 aromatic carbocycles.